The number of halogens is 1. The standard InChI is InChI=1S/C20H28FN3O/c1-8-13-10-15(20(4,5)6)11-14(9-2)17(13)22-19(25)16-12(3)23-24(7)18(16)21/h10-11H,8-9H2,1-7H3,(H,22,25). The van der Waals surface area contributed by atoms with Gasteiger partial charge in [-0.1, -0.05) is 46.8 Å². The first-order valence-electron chi connectivity index (χ1n) is 8.76. The summed E-state index contributed by atoms with van der Waals surface area (Å²) >= 11 is 0. The van der Waals surface area contributed by atoms with Crippen LogP contribution in [-0.4, -0.2) is 15.7 Å². The van der Waals surface area contributed by atoms with E-state index in [0.29, 0.717) is 5.69 Å². The topological polar surface area (TPSA) is 46.9 Å². The van der Waals surface area contributed by atoms with Crippen LogP contribution in [0.5, 0.6) is 0 Å². The molecule has 5 heteroatoms. The van der Waals surface area contributed by atoms with Crippen LogP contribution >= 0.6 is 0 Å². The van der Waals surface area contributed by atoms with Gasteiger partial charge in [-0.15, -0.1) is 0 Å². The van der Waals surface area contributed by atoms with Crippen molar-refractivity contribution >= 4 is 11.6 Å². The van der Waals surface area contributed by atoms with Gasteiger partial charge in [-0.3, -0.25) is 4.79 Å². The molecule has 0 aliphatic carbocycles. The highest BCUT2D eigenvalue weighted by atomic mass is 19.1. The lowest BCUT2D eigenvalue weighted by Crippen LogP contribution is -2.19. The van der Waals surface area contributed by atoms with E-state index >= 15 is 0 Å². The van der Waals surface area contributed by atoms with Crippen molar-refractivity contribution in [1.82, 2.24) is 9.78 Å². The fourth-order valence-corrected chi connectivity index (χ4v) is 2.98. The maximum absolute atomic E-state index is 14.2. The lowest BCUT2D eigenvalue weighted by atomic mass is 9.83. The molecular formula is C20H28FN3O. The first-order chi connectivity index (χ1) is 11.6. The Balaban J connectivity index is 2.50. The average Bonchev–Trinajstić information content (AvgIpc) is 2.78. The molecule has 0 saturated carbocycles. The van der Waals surface area contributed by atoms with E-state index in [0.717, 1.165) is 34.3 Å². The number of rotatable bonds is 4. The van der Waals surface area contributed by atoms with Gasteiger partial charge < -0.3 is 5.32 Å². The Labute approximate surface area is 149 Å². The van der Waals surface area contributed by atoms with Crippen LogP contribution in [0.25, 0.3) is 0 Å². The van der Waals surface area contributed by atoms with E-state index in [2.05, 4.69) is 57.2 Å². The fourth-order valence-electron chi connectivity index (χ4n) is 2.98. The first-order valence-corrected chi connectivity index (χ1v) is 8.76. The van der Waals surface area contributed by atoms with Gasteiger partial charge in [-0.05, 0) is 41.9 Å². The van der Waals surface area contributed by atoms with Crippen LogP contribution < -0.4 is 5.32 Å². The molecule has 1 heterocycles. The minimum Gasteiger partial charge on any atom is -0.321 e. The van der Waals surface area contributed by atoms with E-state index in [4.69, 9.17) is 0 Å². The average molecular weight is 345 g/mol. The predicted molar refractivity (Wildman–Crippen MR) is 99.8 cm³/mol. The molecule has 0 unspecified atom stereocenters. The van der Waals surface area contributed by atoms with E-state index in [1.165, 1.54) is 12.6 Å². The number of hydrogen-bond acceptors (Lipinski definition) is 2. The molecule has 0 saturated heterocycles. The number of aryl methyl sites for hydroxylation is 4. The third-order valence-electron chi connectivity index (χ3n) is 4.55. The molecule has 1 N–H and O–H groups in total. The fraction of sp³-hybridized carbons (Fsp3) is 0.500. The molecule has 0 aliphatic rings. The second-order valence-electron chi connectivity index (χ2n) is 7.46. The number of nitrogens with zero attached hydrogens (tertiary/aromatic N) is 2. The molecule has 0 atom stereocenters. The van der Waals surface area contributed by atoms with Crippen molar-refractivity contribution in [2.45, 2.75) is 59.8 Å². The molecule has 2 rings (SSSR count). The predicted octanol–water partition coefficient (Wildman–Crippen LogP) is 4.54. The van der Waals surface area contributed by atoms with Crippen molar-refractivity contribution in [3.8, 4) is 0 Å². The zero-order valence-electron chi connectivity index (χ0n) is 16.2. The van der Waals surface area contributed by atoms with Gasteiger partial charge in [0.2, 0.25) is 5.95 Å². The quantitative estimate of drug-likeness (QED) is 0.884. The number of benzene rings is 1. The van der Waals surface area contributed by atoms with Gasteiger partial charge in [0.1, 0.15) is 5.56 Å². The van der Waals surface area contributed by atoms with Crippen molar-refractivity contribution in [1.29, 1.82) is 0 Å². The normalized spacial score (nSPS) is 11.7. The number of carbonyl (C=O) groups is 1. The third-order valence-corrected chi connectivity index (χ3v) is 4.55. The Kier molecular flexibility index (Phi) is 5.35. The van der Waals surface area contributed by atoms with E-state index in [9.17, 15) is 9.18 Å². The van der Waals surface area contributed by atoms with Crippen molar-refractivity contribution in [3.05, 3.63) is 46.0 Å². The Bertz CT molecular complexity index is 775. The minimum atomic E-state index is -0.614. The summed E-state index contributed by atoms with van der Waals surface area (Å²) in [5.74, 6) is -1.06. The van der Waals surface area contributed by atoms with Crippen LogP contribution in [-0.2, 0) is 25.3 Å². The molecule has 1 aromatic heterocycles. The van der Waals surface area contributed by atoms with Gasteiger partial charge in [0.05, 0.1) is 5.69 Å². The molecule has 0 bridgehead atoms. The van der Waals surface area contributed by atoms with E-state index in [-0.39, 0.29) is 11.0 Å². The minimum absolute atomic E-state index is 0.00602. The zero-order chi connectivity index (χ0) is 18.9. The third kappa shape index (κ3) is 3.75. The molecule has 25 heavy (non-hydrogen) atoms. The molecule has 1 aromatic carbocycles. The second-order valence-corrected chi connectivity index (χ2v) is 7.46. The Hall–Kier alpha value is -2.17. The highest BCUT2D eigenvalue weighted by molar-refractivity contribution is 6.06. The van der Waals surface area contributed by atoms with Crippen LogP contribution in [0.2, 0.25) is 0 Å². The summed E-state index contributed by atoms with van der Waals surface area (Å²) < 4.78 is 15.3. The summed E-state index contributed by atoms with van der Waals surface area (Å²) in [4.78, 5) is 12.7. The molecule has 0 radical (unpaired) electrons. The molecule has 0 spiro atoms. The number of anilines is 1. The summed E-state index contributed by atoms with van der Waals surface area (Å²) in [5.41, 5.74) is 4.60. The summed E-state index contributed by atoms with van der Waals surface area (Å²) in [6.45, 7) is 12.3. The Morgan fingerprint density at radius 3 is 2.08 bits per heavy atom. The molecular weight excluding hydrogens is 317 g/mol. The van der Waals surface area contributed by atoms with Crippen LogP contribution in [0.4, 0.5) is 10.1 Å². The van der Waals surface area contributed by atoms with Crippen molar-refractivity contribution in [2.24, 2.45) is 7.05 Å². The maximum Gasteiger partial charge on any atom is 0.262 e. The molecule has 0 fully saturated rings. The molecule has 4 nitrogen and oxygen atoms in total. The summed E-state index contributed by atoms with van der Waals surface area (Å²) in [5, 5.41) is 6.92. The van der Waals surface area contributed by atoms with E-state index < -0.39 is 11.9 Å². The van der Waals surface area contributed by atoms with Crippen molar-refractivity contribution in [3.63, 3.8) is 0 Å². The smallest absolute Gasteiger partial charge is 0.262 e. The van der Waals surface area contributed by atoms with E-state index in [1.54, 1.807) is 6.92 Å². The summed E-state index contributed by atoms with van der Waals surface area (Å²) in [6.07, 6.45) is 1.59. The Morgan fingerprint density at radius 1 is 1.20 bits per heavy atom. The summed E-state index contributed by atoms with van der Waals surface area (Å²) in [7, 11) is 1.49. The number of aromatic nitrogens is 2. The van der Waals surface area contributed by atoms with Crippen LogP contribution in [0, 0.1) is 12.9 Å². The SMILES string of the molecule is CCc1cc(C(C)(C)C)cc(CC)c1NC(=O)c1c(C)nn(C)c1F. The van der Waals surface area contributed by atoms with Crippen LogP contribution in [0.3, 0.4) is 0 Å². The van der Waals surface area contributed by atoms with E-state index in [1.807, 2.05) is 0 Å². The largest absolute Gasteiger partial charge is 0.321 e. The van der Waals surface area contributed by atoms with Gasteiger partial charge in [0, 0.05) is 12.7 Å². The van der Waals surface area contributed by atoms with Crippen LogP contribution in [0.15, 0.2) is 12.1 Å². The number of amides is 1. The molecule has 136 valence electrons. The maximum atomic E-state index is 14.2. The highest BCUT2D eigenvalue weighted by Crippen LogP contribution is 2.31. The highest BCUT2D eigenvalue weighted by Gasteiger charge is 2.23. The molecule has 2 aromatic rings. The summed E-state index contributed by atoms with van der Waals surface area (Å²) in [6, 6.07) is 4.28. The Morgan fingerprint density at radius 2 is 1.72 bits per heavy atom. The second kappa shape index (κ2) is 6.98. The van der Waals surface area contributed by atoms with Gasteiger partial charge in [-0.2, -0.15) is 9.49 Å². The monoisotopic (exact) mass is 345 g/mol. The number of carbonyl (C=O) groups excluding carboxylic acids is 1. The van der Waals surface area contributed by atoms with Gasteiger partial charge in [0.25, 0.3) is 5.91 Å². The molecule has 1 amide bonds. The van der Waals surface area contributed by atoms with Crippen LogP contribution in [0.1, 0.15) is 67.4 Å². The molecule has 0 aliphatic heterocycles. The first kappa shape index (κ1) is 19.2. The van der Waals surface area contributed by atoms with Gasteiger partial charge in [-0.25, -0.2) is 4.68 Å². The number of nitrogens with one attached hydrogen (secondary N) is 1. The zero-order valence-corrected chi connectivity index (χ0v) is 16.2. The lowest BCUT2D eigenvalue weighted by molar-refractivity contribution is 0.102. The van der Waals surface area contributed by atoms with Gasteiger partial charge >= 0.3 is 0 Å². The van der Waals surface area contributed by atoms with Gasteiger partial charge in [0.15, 0.2) is 0 Å². The lowest BCUT2D eigenvalue weighted by Gasteiger charge is -2.24. The van der Waals surface area contributed by atoms with Crippen molar-refractivity contribution < 1.29 is 9.18 Å². The number of hydrogen-bond donors (Lipinski definition) is 1. The van der Waals surface area contributed by atoms with Crippen molar-refractivity contribution in [2.75, 3.05) is 5.32 Å².